The monoisotopic (exact) mass is 208 g/mol. The van der Waals surface area contributed by atoms with Crippen LogP contribution in [0.3, 0.4) is 0 Å². The molecule has 10 heteroatoms. The zero-order chi connectivity index (χ0) is 7.71. The van der Waals surface area contributed by atoms with Gasteiger partial charge in [-0.15, -0.1) is 0 Å². The predicted octanol–water partition coefficient (Wildman–Crippen LogP) is -2.00. The molecule has 0 aliphatic rings. The summed E-state index contributed by atoms with van der Waals surface area (Å²) in [5.74, 6) is 0. The third-order valence-corrected chi connectivity index (χ3v) is 1.91. The van der Waals surface area contributed by atoms with E-state index in [1.165, 1.54) is 0 Å². The first-order chi connectivity index (χ1) is 3.71. The molecule has 0 heterocycles. The van der Waals surface area contributed by atoms with Crippen molar-refractivity contribution in [3.63, 3.8) is 0 Å². The maximum absolute atomic E-state index is 9.63. The predicted molar refractivity (Wildman–Crippen MR) is 35.1 cm³/mol. The molecule has 0 amide bonds. The minimum absolute atomic E-state index is 0. The van der Waals surface area contributed by atoms with Crippen molar-refractivity contribution in [3.8, 4) is 0 Å². The number of rotatable bonds is 2. The SMILES string of the molecule is O=P(O)(O)OP(=O)(O)O.[AlH3]. The Bertz CT molecular complexity index is 152. The van der Waals surface area contributed by atoms with E-state index in [0.29, 0.717) is 0 Å². The summed E-state index contributed by atoms with van der Waals surface area (Å²) in [6, 6.07) is 0. The van der Waals surface area contributed by atoms with Gasteiger partial charge in [-0.2, -0.15) is 4.31 Å². The molecule has 0 aromatic carbocycles. The van der Waals surface area contributed by atoms with Crippen LogP contribution in [0, 0.1) is 0 Å². The topological polar surface area (TPSA) is 124 Å². The van der Waals surface area contributed by atoms with Gasteiger partial charge in [0.2, 0.25) is 0 Å². The van der Waals surface area contributed by atoms with Gasteiger partial charge in [-0.05, 0) is 0 Å². The minimum Gasteiger partial charge on any atom is -0.302 e. The van der Waals surface area contributed by atoms with Crippen molar-refractivity contribution in [1.29, 1.82) is 0 Å². The molecule has 0 aliphatic carbocycles. The van der Waals surface area contributed by atoms with E-state index < -0.39 is 15.6 Å². The maximum Gasteiger partial charge on any atom is 0.478 e. The summed E-state index contributed by atoms with van der Waals surface area (Å²) in [4.78, 5) is 31.0. The van der Waals surface area contributed by atoms with Crippen LogP contribution in [-0.4, -0.2) is 36.9 Å². The van der Waals surface area contributed by atoms with Crippen molar-refractivity contribution in [3.05, 3.63) is 0 Å². The fraction of sp³-hybridized carbons (Fsp3) is 0. The molecule has 0 rings (SSSR count). The van der Waals surface area contributed by atoms with Gasteiger partial charge in [0.05, 0.1) is 0 Å². The van der Waals surface area contributed by atoms with E-state index in [1.54, 1.807) is 0 Å². The normalized spacial score (nSPS) is 12.4. The molecular formula is H7AlO7P2. The fourth-order valence-electron chi connectivity index (χ4n) is 0.139. The van der Waals surface area contributed by atoms with Gasteiger partial charge in [-0.1, -0.05) is 0 Å². The first-order valence-electron chi connectivity index (χ1n) is 1.53. The molecule has 0 saturated heterocycles. The third kappa shape index (κ3) is 11.6. The van der Waals surface area contributed by atoms with Gasteiger partial charge in [0, 0.05) is 0 Å². The highest BCUT2D eigenvalue weighted by Crippen LogP contribution is 2.53. The Kier molecular flexibility index (Phi) is 5.33. The number of hydrogen-bond donors (Lipinski definition) is 4. The summed E-state index contributed by atoms with van der Waals surface area (Å²) in [6.07, 6.45) is 0. The highest BCUT2D eigenvalue weighted by atomic mass is 31.3. The van der Waals surface area contributed by atoms with Crippen LogP contribution in [0.5, 0.6) is 0 Å². The van der Waals surface area contributed by atoms with Gasteiger partial charge in [0.15, 0.2) is 17.4 Å². The molecule has 0 aromatic heterocycles. The van der Waals surface area contributed by atoms with Gasteiger partial charge in [0.1, 0.15) is 0 Å². The van der Waals surface area contributed by atoms with Gasteiger partial charge in [0.25, 0.3) is 0 Å². The highest BCUT2D eigenvalue weighted by Gasteiger charge is 2.27. The first-order valence-corrected chi connectivity index (χ1v) is 4.59. The van der Waals surface area contributed by atoms with Gasteiger partial charge in [-0.25, -0.2) is 9.13 Å². The van der Waals surface area contributed by atoms with Crippen molar-refractivity contribution in [2.75, 3.05) is 0 Å². The molecule has 0 radical (unpaired) electrons. The van der Waals surface area contributed by atoms with E-state index in [2.05, 4.69) is 4.31 Å². The second-order valence-electron chi connectivity index (χ2n) is 1.06. The van der Waals surface area contributed by atoms with Crippen LogP contribution in [0.2, 0.25) is 0 Å². The smallest absolute Gasteiger partial charge is 0.302 e. The molecule has 0 bridgehead atoms. The molecule has 0 spiro atoms. The van der Waals surface area contributed by atoms with Crippen LogP contribution >= 0.6 is 15.6 Å². The van der Waals surface area contributed by atoms with Crippen LogP contribution in [0.25, 0.3) is 0 Å². The molecule has 0 unspecified atom stereocenters. The zero-order valence-electron chi connectivity index (χ0n) is 3.91. The lowest BCUT2D eigenvalue weighted by molar-refractivity contribution is 0.225. The van der Waals surface area contributed by atoms with Crippen molar-refractivity contribution in [2.45, 2.75) is 0 Å². The molecule has 7 nitrogen and oxygen atoms in total. The average molecular weight is 208 g/mol. The van der Waals surface area contributed by atoms with E-state index in [1.807, 2.05) is 0 Å². The number of phosphoric acid groups is 2. The first kappa shape index (κ1) is 13.4. The third-order valence-electron chi connectivity index (χ3n) is 0.213. The Hall–Kier alpha value is 0.792. The van der Waals surface area contributed by atoms with E-state index >= 15 is 0 Å². The average Bonchev–Trinajstić information content (AvgIpc) is 1.14. The van der Waals surface area contributed by atoms with Gasteiger partial charge in [-0.3, -0.25) is 0 Å². The van der Waals surface area contributed by atoms with Crippen molar-refractivity contribution in [2.24, 2.45) is 0 Å². The Balaban J connectivity index is 0. The highest BCUT2D eigenvalue weighted by molar-refractivity contribution is 7.60. The molecule has 10 heavy (non-hydrogen) atoms. The number of hydrogen-bond acceptors (Lipinski definition) is 3. The second-order valence-corrected chi connectivity index (χ2v) is 3.68. The van der Waals surface area contributed by atoms with Crippen LogP contribution in [0.15, 0.2) is 0 Å². The summed E-state index contributed by atoms with van der Waals surface area (Å²) < 4.78 is 22.2. The quantitative estimate of drug-likeness (QED) is 0.305. The lowest BCUT2D eigenvalue weighted by atomic mass is 15.7. The van der Waals surface area contributed by atoms with Crippen molar-refractivity contribution in [1.82, 2.24) is 0 Å². The largest absolute Gasteiger partial charge is 0.478 e. The standard InChI is InChI=1S/Al.H4O7P2.3H/c;1-8(2,3)7-9(4,5)6;;;/h;(H2,1,2,3)(H2,4,5,6);;;. The fourth-order valence-corrected chi connectivity index (χ4v) is 1.25. The second kappa shape index (κ2) is 3.98. The molecule has 0 aliphatic heterocycles. The summed E-state index contributed by atoms with van der Waals surface area (Å²) in [5.41, 5.74) is 0. The molecule has 4 N–H and O–H groups in total. The zero-order valence-corrected chi connectivity index (χ0v) is 5.70. The summed E-state index contributed by atoms with van der Waals surface area (Å²) in [5, 5.41) is 0. The van der Waals surface area contributed by atoms with Crippen molar-refractivity contribution >= 4 is 33.0 Å². The lowest BCUT2D eigenvalue weighted by Crippen LogP contribution is -1.84. The Morgan fingerprint density at radius 3 is 1.10 bits per heavy atom. The Morgan fingerprint density at radius 2 is 1.10 bits per heavy atom. The van der Waals surface area contributed by atoms with Crippen LogP contribution in [0.4, 0.5) is 0 Å². The molecule has 62 valence electrons. The van der Waals surface area contributed by atoms with E-state index in [4.69, 9.17) is 19.6 Å². The summed E-state index contributed by atoms with van der Waals surface area (Å²) in [6.45, 7) is 0. The minimum atomic E-state index is -5.05. The molecule has 0 saturated carbocycles. The lowest BCUT2D eigenvalue weighted by Gasteiger charge is -2.03. The Labute approximate surface area is 66.6 Å². The molecule has 0 aromatic rings. The molecule has 0 fully saturated rings. The van der Waals surface area contributed by atoms with Crippen LogP contribution < -0.4 is 0 Å². The van der Waals surface area contributed by atoms with E-state index in [0.717, 1.165) is 0 Å². The maximum atomic E-state index is 9.63. The summed E-state index contributed by atoms with van der Waals surface area (Å²) >= 11 is 0. The molecule has 0 atom stereocenters. The van der Waals surface area contributed by atoms with E-state index in [9.17, 15) is 9.13 Å². The summed E-state index contributed by atoms with van der Waals surface area (Å²) in [7, 11) is -10.1. The van der Waals surface area contributed by atoms with Crippen molar-refractivity contribution < 1.29 is 33.0 Å². The van der Waals surface area contributed by atoms with Crippen LogP contribution in [0.1, 0.15) is 0 Å². The van der Waals surface area contributed by atoms with Gasteiger partial charge >= 0.3 is 15.6 Å². The van der Waals surface area contributed by atoms with E-state index in [-0.39, 0.29) is 17.4 Å². The Morgan fingerprint density at radius 1 is 0.900 bits per heavy atom. The van der Waals surface area contributed by atoms with Crippen LogP contribution in [-0.2, 0) is 13.4 Å². The molecular weight excluding hydrogens is 201 g/mol. The van der Waals surface area contributed by atoms with Gasteiger partial charge < -0.3 is 19.6 Å².